The van der Waals surface area contributed by atoms with Gasteiger partial charge in [0.05, 0.1) is 12.6 Å². The highest BCUT2D eigenvalue weighted by Gasteiger charge is 2.48. The Morgan fingerprint density at radius 1 is 1.17 bits per heavy atom. The Kier molecular flexibility index (Phi) is 3.01. The predicted octanol–water partition coefficient (Wildman–Crippen LogP) is 0.387. The Morgan fingerprint density at radius 3 is 2.72 bits per heavy atom. The molecule has 3 heterocycles. The van der Waals surface area contributed by atoms with Crippen LogP contribution in [0.5, 0.6) is 0 Å². The van der Waals surface area contributed by atoms with Crippen molar-refractivity contribution in [2.75, 3.05) is 19.8 Å². The quantitative estimate of drug-likeness (QED) is 0.678. The third-order valence-corrected chi connectivity index (χ3v) is 4.38. The summed E-state index contributed by atoms with van der Waals surface area (Å²) in [6, 6.07) is -0.429. The predicted molar refractivity (Wildman–Crippen MR) is 64.9 cm³/mol. The fourth-order valence-corrected chi connectivity index (χ4v) is 3.45. The van der Waals surface area contributed by atoms with Crippen molar-refractivity contribution >= 4 is 11.8 Å². The van der Waals surface area contributed by atoms with E-state index < -0.39 is 0 Å². The highest BCUT2D eigenvalue weighted by Crippen LogP contribution is 2.29. The normalized spacial score (nSPS) is 37.1. The average Bonchev–Trinajstić information content (AvgIpc) is 2.87. The Morgan fingerprint density at radius 2 is 2.00 bits per heavy atom. The minimum atomic E-state index is -0.321. The summed E-state index contributed by atoms with van der Waals surface area (Å²) in [5.41, 5.74) is 0. The Balaban J connectivity index is 1.83. The number of hydrogen-bond donors (Lipinski definition) is 0. The lowest BCUT2D eigenvalue weighted by molar-refractivity contribution is -0.164. The van der Waals surface area contributed by atoms with Gasteiger partial charge in [0.25, 0.3) is 0 Å². The van der Waals surface area contributed by atoms with E-state index in [1.165, 1.54) is 0 Å². The van der Waals surface area contributed by atoms with Gasteiger partial charge in [-0.1, -0.05) is 0 Å². The molecule has 0 aromatic carbocycles. The number of amides is 2. The van der Waals surface area contributed by atoms with Crippen LogP contribution in [-0.4, -0.2) is 59.5 Å². The molecule has 5 nitrogen and oxygen atoms in total. The van der Waals surface area contributed by atoms with Crippen molar-refractivity contribution in [3.05, 3.63) is 0 Å². The Bertz CT molecular complexity index is 365. The van der Waals surface area contributed by atoms with Crippen LogP contribution in [-0.2, 0) is 14.3 Å². The zero-order valence-electron chi connectivity index (χ0n) is 10.8. The Hall–Kier alpha value is -1.10. The molecular formula is C13H20N2O3. The van der Waals surface area contributed by atoms with Gasteiger partial charge in [0.2, 0.25) is 11.8 Å². The summed E-state index contributed by atoms with van der Waals surface area (Å²) in [6.45, 7) is 3.95. The standard InChI is InChI=1S/C13H20N2O3/c1-9-12(16)14-6-2-5-11(14)13(17)15(9)10-4-3-7-18-8-10/h9-11H,2-8H2,1H3. The number of hydrogen-bond acceptors (Lipinski definition) is 3. The van der Waals surface area contributed by atoms with E-state index in [4.69, 9.17) is 4.74 Å². The molecule has 3 rings (SSSR count). The largest absolute Gasteiger partial charge is 0.379 e. The topological polar surface area (TPSA) is 49.9 Å². The zero-order valence-corrected chi connectivity index (χ0v) is 10.8. The molecule has 3 fully saturated rings. The van der Waals surface area contributed by atoms with Gasteiger partial charge in [-0.2, -0.15) is 0 Å². The van der Waals surface area contributed by atoms with Crippen LogP contribution in [0.2, 0.25) is 0 Å². The molecule has 3 atom stereocenters. The molecule has 0 N–H and O–H groups in total. The van der Waals surface area contributed by atoms with Crippen molar-refractivity contribution in [3.63, 3.8) is 0 Å². The molecule has 100 valence electrons. The van der Waals surface area contributed by atoms with Gasteiger partial charge in [0.1, 0.15) is 12.1 Å². The fourth-order valence-electron chi connectivity index (χ4n) is 3.45. The molecular weight excluding hydrogens is 232 g/mol. The molecule has 5 heteroatoms. The summed E-state index contributed by atoms with van der Waals surface area (Å²) in [7, 11) is 0. The number of carbonyl (C=O) groups is 2. The maximum Gasteiger partial charge on any atom is 0.246 e. The van der Waals surface area contributed by atoms with Gasteiger partial charge >= 0.3 is 0 Å². The van der Waals surface area contributed by atoms with Crippen LogP contribution in [0.1, 0.15) is 32.6 Å². The van der Waals surface area contributed by atoms with Crippen LogP contribution in [0.15, 0.2) is 0 Å². The van der Waals surface area contributed by atoms with E-state index in [1.54, 1.807) is 9.80 Å². The lowest BCUT2D eigenvalue weighted by Crippen LogP contribution is -2.65. The summed E-state index contributed by atoms with van der Waals surface area (Å²) >= 11 is 0. The molecule has 18 heavy (non-hydrogen) atoms. The molecule has 0 aromatic rings. The van der Waals surface area contributed by atoms with Gasteiger partial charge < -0.3 is 14.5 Å². The molecule has 3 aliphatic rings. The average molecular weight is 252 g/mol. The van der Waals surface area contributed by atoms with Crippen LogP contribution in [0.4, 0.5) is 0 Å². The maximum atomic E-state index is 12.5. The van der Waals surface area contributed by atoms with Gasteiger partial charge in [-0.3, -0.25) is 9.59 Å². The van der Waals surface area contributed by atoms with E-state index in [9.17, 15) is 9.59 Å². The zero-order chi connectivity index (χ0) is 12.7. The molecule has 2 amide bonds. The third-order valence-electron chi connectivity index (χ3n) is 4.38. The van der Waals surface area contributed by atoms with Crippen LogP contribution < -0.4 is 0 Å². The van der Waals surface area contributed by atoms with Crippen LogP contribution >= 0.6 is 0 Å². The molecule has 0 radical (unpaired) electrons. The van der Waals surface area contributed by atoms with Gasteiger partial charge in [0.15, 0.2) is 0 Å². The molecule has 0 bridgehead atoms. The number of fused-ring (bicyclic) bond motifs is 1. The monoisotopic (exact) mass is 252 g/mol. The highest BCUT2D eigenvalue weighted by atomic mass is 16.5. The fraction of sp³-hybridized carbons (Fsp3) is 0.846. The SMILES string of the molecule is CC1C(=O)N2CCCC2C(=O)N1C1CCCOC1. The smallest absolute Gasteiger partial charge is 0.246 e. The van der Waals surface area contributed by atoms with E-state index in [-0.39, 0.29) is 29.9 Å². The first-order valence-electron chi connectivity index (χ1n) is 6.90. The van der Waals surface area contributed by atoms with E-state index >= 15 is 0 Å². The molecule has 0 aromatic heterocycles. The molecule has 3 aliphatic heterocycles. The van der Waals surface area contributed by atoms with Crippen LogP contribution in [0.25, 0.3) is 0 Å². The first-order valence-corrected chi connectivity index (χ1v) is 6.90. The van der Waals surface area contributed by atoms with Crippen molar-refractivity contribution in [1.29, 1.82) is 0 Å². The van der Waals surface area contributed by atoms with Crippen LogP contribution in [0.3, 0.4) is 0 Å². The highest BCUT2D eigenvalue weighted by molar-refractivity contribution is 5.97. The summed E-state index contributed by atoms with van der Waals surface area (Å²) in [5.74, 6) is 0.248. The number of ether oxygens (including phenoxy) is 1. The number of rotatable bonds is 1. The minimum Gasteiger partial charge on any atom is -0.379 e. The van der Waals surface area contributed by atoms with Crippen molar-refractivity contribution in [2.24, 2.45) is 0 Å². The van der Waals surface area contributed by atoms with Crippen molar-refractivity contribution in [1.82, 2.24) is 9.80 Å². The lowest BCUT2D eigenvalue weighted by Gasteiger charge is -2.45. The van der Waals surface area contributed by atoms with E-state index in [2.05, 4.69) is 0 Å². The summed E-state index contributed by atoms with van der Waals surface area (Å²) < 4.78 is 5.46. The lowest BCUT2D eigenvalue weighted by atomic mass is 10.00. The summed E-state index contributed by atoms with van der Waals surface area (Å²) in [5, 5.41) is 0. The first-order chi connectivity index (χ1) is 8.70. The minimum absolute atomic E-state index is 0.0907. The van der Waals surface area contributed by atoms with Gasteiger partial charge in [-0.15, -0.1) is 0 Å². The molecule has 3 saturated heterocycles. The van der Waals surface area contributed by atoms with Gasteiger partial charge in [0, 0.05) is 13.2 Å². The molecule has 0 saturated carbocycles. The third kappa shape index (κ3) is 1.72. The van der Waals surface area contributed by atoms with E-state index in [0.29, 0.717) is 6.61 Å². The van der Waals surface area contributed by atoms with Gasteiger partial charge in [-0.05, 0) is 32.6 Å². The van der Waals surface area contributed by atoms with Crippen LogP contribution in [0, 0.1) is 0 Å². The van der Waals surface area contributed by atoms with Crippen molar-refractivity contribution in [3.8, 4) is 0 Å². The summed E-state index contributed by atoms with van der Waals surface area (Å²) in [6.07, 6.45) is 3.70. The number of carbonyl (C=O) groups excluding carboxylic acids is 2. The molecule has 3 unspecified atom stereocenters. The second-order valence-electron chi connectivity index (χ2n) is 5.48. The maximum absolute atomic E-state index is 12.5. The Labute approximate surface area is 107 Å². The number of nitrogens with zero attached hydrogens (tertiary/aromatic N) is 2. The summed E-state index contributed by atoms with van der Waals surface area (Å²) in [4.78, 5) is 28.4. The number of piperazine rings is 1. The second kappa shape index (κ2) is 4.53. The van der Waals surface area contributed by atoms with E-state index in [1.807, 2.05) is 6.92 Å². The molecule has 0 aliphatic carbocycles. The second-order valence-corrected chi connectivity index (χ2v) is 5.48. The van der Waals surface area contributed by atoms with Crippen molar-refractivity contribution < 1.29 is 14.3 Å². The van der Waals surface area contributed by atoms with Gasteiger partial charge in [-0.25, -0.2) is 0 Å². The molecule has 0 spiro atoms. The first kappa shape index (κ1) is 12.0. The van der Waals surface area contributed by atoms with E-state index in [0.717, 1.165) is 38.8 Å². The van der Waals surface area contributed by atoms with Crippen molar-refractivity contribution in [2.45, 2.75) is 50.7 Å².